The summed E-state index contributed by atoms with van der Waals surface area (Å²) < 4.78 is 15.3. The molecule has 2 aliphatic heterocycles. The lowest BCUT2D eigenvalue weighted by molar-refractivity contribution is 0.0881. The van der Waals surface area contributed by atoms with Gasteiger partial charge in [-0.05, 0) is 49.2 Å². The quantitative estimate of drug-likeness (QED) is 0.704. The molecule has 0 aliphatic carbocycles. The van der Waals surface area contributed by atoms with Gasteiger partial charge in [0.05, 0.1) is 5.56 Å². The van der Waals surface area contributed by atoms with E-state index in [1.807, 2.05) is 6.07 Å². The summed E-state index contributed by atoms with van der Waals surface area (Å²) in [6.45, 7) is 5.11. The van der Waals surface area contributed by atoms with Crippen molar-refractivity contribution < 1.29 is 4.39 Å². The molecular formula is C25H29FN4O. The number of nitrogens with one attached hydrogen (secondary N) is 1. The molecule has 6 heteroatoms. The molecular weight excluding hydrogens is 391 g/mol. The maximum absolute atomic E-state index is 13.7. The molecule has 0 saturated carbocycles. The zero-order valence-electron chi connectivity index (χ0n) is 18.0. The number of hydrogen-bond donors (Lipinski definition) is 1. The van der Waals surface area contributed by atoms with Crippen molar-refractivity contribution in [1.29, 1.82) is 0 Å². The molecule has 0 radical (unpaired) electrons. The number of aromatic amines is 1. The smallest absolute Gasteiger partial charge is 0.271 e. The van der Waals surface area contributed by atoms with Crippen LogP contribution in [-0.4, -0.2) is 39.2 Å². The van der Waals surface area contributed by atoms with E-state index in [2.05, 4.69) is 45.2 Å². The molecule has 3 heterocycles. The molecule has 0 unspecified atom stereocenters. The minimum Gasteiger partial charge on any atom is -0.299 e. The molecule has 5 nitrogen and oxygen atoms in total. The van der Waals surface area contributed by atoms with Crippen LogP contribution in [0, 0.1) is 5.82 Å². The van der Waals surface area contributed by atoms with Crippen LogP contribution in [0.3, 0.4) is 0 Å². The Labute approximate surface area is 182 Å². The molecule has 1 spiro atoms. The van der Waals surface area contributed by atoms with Gasteiger partial charge in [0, 0.05) is 44.3 Å². The highest BCUT2D eigenvalue weighted by Gasteiger charge is 2.44. The maximum atomic E-state index is 13.7. The van der Waals surface area contributed by atoms with E-state index in [0.717, 1.165) is 55.8 Å². The van der Waals surface area contributed by atoms with Crippen LogP contribution < -0.4 is 5.56 Å². The number of piperidine rings is 1. The summed E-state index contributed by atoms with van der Waals surface area (Å²) in [6.07, 6.45) is 2.01. The van der Waals surface area contributed by atoms with Crippen LogP contribution in [-0.2, 0) is 32.1 Å². The van der Waals surface area contributed by atoms with Crippen LogP contribution in [0.25, 0.3) is 0 Å². The van der Waals surface area contributed by atoms with Crippen LogP contribution >= 0.6 is 0 Å². The van der Waals surface area contributed by atoms with E-state index in [9.17, 15) is 9.18 Å². The summed E-state index contributed by atoms with van der Waals surface area (Å²) in [4.78, 5) is 17.7. The predicted octanol–water partition coefficient (Wildman–Crippen LogP) is 3.40. The number of hydrogen-bond acceptors (Lipinski definition) is 3. The standard InChI is InChI=1S/C25H29FN4O/c1-28-24(31)22-17-30(16-20-8-5-9-21(26)14-20)18-25(23(22)27-28)10-12-29(13-11-25)15-19-6-3-2-4-7-19/h2-9,14,27H,10-13,15-18H2,1H3. The molecule has 1 saturated heterocycles. The van der Waals surface area contributed by atoms with Crippen LogP contribution in [0.2, 0.25) is 0 Å². The average molecular weight is 421 g/mol. The molecule has 3 aromatic rings. The van der Waals surface area contributed by atoms with Gasteiger partial charge in [-0.15, -0.1) is 0 Å². The summed E-state index contributed by atoms with van der Waals surface area (Å²) in [7, 11) is 1.80. The largest absolute Gasteiger partial charge is 0.299 e. The number of fused-ring (bicyclic) bond motifs is 2. The summed E-state index contributed by atoms with van der Waals surface area (Å²) in [5.41, 5.74) is 4.28. The lowest BCUT2D eigenvalue weighted by Crippen LogP contribution is -2.52. The Bertz CT molecular complexity index is 1110. The summed E-state index contributed by atoms with van der Waals surface area (Å²) in [5.74, 6) is -0.211. The van der Waals surface area contributed by atoms with Gasteiger partial charge in [0.15, 0.2) is 0 Å². The van der Waals surface area contributed by atoms with Gasteiger partial charge in [0.25, 0.3) is 5.56 Å². The third-order valence-corrected chi connectivity index (χ3v) is 6.94. The normalized spacial score (nSPS) is 18.9. The predicted molar refractivity (Wildman–Crippen MR) is 119 cm³/mol. The fourth-order valence-corrected chi connectivity index (χ4v) is 5.36. The fourth-order valence-electron chi connectivity index (χ4n) is 5.36. The average Bonchev–Trinajstić information content (AvgIpc) is 3.06. The highest BCUT2D eigenvalue weighted by atomic mass is 19.1. The van der Waals surface area contributed by atoms with E-state index >= 15 is 0 Å². The number of aryl methyl sites for hydroxylation is 1. The maximum Gasteiger partial charge on any atom is 0.271 e. The lowest BCUT2D eigenvalue weighted by Gasteiger charge is -2.47. The zero-order valence-corrected chi connectivity index (χ0v) is 18.0. The minimum absolute atomic E-state index is 0.0602. The van der Waals surface area contributed by atoms with Gasteiger partial charge in [0.1, 0.15) is 5.82 Å². The molecule has 31 heavy (non-hydrogen) atoms. The Morgan fingerprint density at radius 2 is 1.68 bits per heavy atom. The van der Waals surface area contributed by atoms with Crippen LogP contribution in [0.1, 0.15) is 35.2 Å². The molecule has 0 bridgehead atoms. The van der Waals surface area contributed by atoms with E-state index in [0.29, 0.717) is 13.1 Å². The van der Waals surface area contributed by atoms with Gasteiger partial charge in [-0.25, -0.2) is 4.39 Å². The van der Waals surface area contributed by atoms with Crippen molar-refractivity contribution in [2.24, 2.45) is 7.05 Å². The zero-order chi connectivity index (χ0) is 21.4. The summed E-state index contributed by atoms with van der Waals surface area (Å²) >= 11 is 0. The Morgan fingerprint density at radius 1 is 0.968 bits per heavy atom. The molecule has 1 N–H and O–H groups in total. The third-order valence-electron chi connectivity index (χ3n) is 6.94. The third kappa shape index (κ3) is 3.98. The van der Waals surface area contributed by atoms with E-state index in [4.69, 9.17) is 0 Å². The Kier molecular flexibility index (Phi) is 5.28. The number of rotatable bonds is 4. The highest BCUT2D eigenvalue weighted by molar-refractivity contribution is 5.31. The Balaban J connectivity index is 1.38. The molecule has 162 valence electrons. The molecule has 1 aromatic heterocycles. The summed E-state index contributed by atoms with van der Waals surface area (Å²) in [5, 5.41) is 3.38. The number of halogens is 1. The number of H-pyrrole nitrogens is 1. The first-order chi connectivity index (χ1) is 15.0. The second kappa shape index (κ2) is 8.09. The van der Waals surface area contributed by atoms with Crippen molar-refractivity contribution in [1.82, 2.24) is 19.6 Å². The molecule has 1 fully saturated rings. The van der Waals surface area contributed by atoms with Gasteiger partial charge >= 0.3 is 0 Å². The molecule has 0 amide bonds. The topological polar surface area (TPSA) is 44.3 Å². The first-order valence-electron chi connectivity index (χ1n) is 11.0. The summed E-state index contributed by atoms with van der Waals surface area (Å²) in [6, 6.07) is 17.4. The van der Waals surface area contributed by atoms with Crippen LogP contribution in [0.4, 0.5) is 4.39 Å². The number of benzene rings is 2. The first kappa shape index (κ1) is 20.2. The van der Waals surface area contributed by atoms with E-state index in [1.165, 1.54) is 11.6 Å². The minimum atomic E-state index is -0.211. The van der Waals surface area contributed by atoms with Gasteiger partial charge in [-0.2, -0.15) is 0 Å². The Hall–Kier alpha value is -2.70. The number of nitrogens with zero attached hydrogens (tertiary/aromatic N) is 3. The number of aromatic nitrogens is 2. The molecule has 2 aromatic carbocycles. The lowest BCUT2D eigenvalue weighted by atomic mass is 9.72. The molecule has 0 atom stereocenters. The van der Waals surface area contributed by atoms with E-state index in [1.54, 1.807) is 23.9 Å². The first-order valence-corrected chi connectivity index (χ1v) is 11.0. The van der Waals surface area contributed by atoms with E-state index < -0.39 is 0 Å². The van der Waals surface area contributed by atoms with Crippen molar-refractivity contribution in [2.45, 2.75) is 37.9 Å². The van der Waals surface area contributed by atoms with Crippen molar-refractivity contribution in [3.05, 3.63) is 93.2 Å². The van der Waals surface area contributed by atoms with Crippen molar-refractivity contribution >= 4 is 0 Å². The fraction of sp³-hybridized carbons (Fsp3) is 0.400. The van der Waals surface area contributed by atoms with Gasteiger partial charge in [0.2, 0.25) is 0 Å². The van der Waals surface area contributed by atoms with Crippen molar-refractivity contribution in [3.63, 3.8) is 0 Å². The van der Waals surface area contributed by atoms with Crippen molar-refractivity contribution in [2.75, 3.05) is 19.6 Å². The Morgan fingerprint density at radius 3 is 2.42 bits per heavy atom. The van der Waals surface area contributed by atoms with Gasteiger partial charge in [-0.3, -0.25) is 24.4 Å². The van der Waals surface area contributed by atoms with Crippen molar-refractivity contribution in [3.8, 4) is 0 Å². The van der Waals surface area contributed by atoms with Crippen LogP contribution in [0.15, 0.2) is 59.4 Å². The van der Waals surface area contributed by atoms with Crippen LogP contribution in [0.5, 0.6) is 0 Å². The molecule has 5 rings (SSSR count). The van der Waals surface area contributed by atoms with Gasteiger partial charge < -0.3 is 0 Å². The highest BCUT2D eigenvalue weighted by Crippen LogP contribution is 2.40. The van der Waals surface area contributed by atoms with Gasteiger partial charge in [-0.1, -0.05) is 42.5 Å². The SMILES string of the molecule is Cn1[nH]c2c(c1=O)CN(Cc1cccc(F)c1)CC21CCN(Cc2ccccc2)CC1. The molecule has 2 aliphatic rings. The second-order valence-electron chi connectivity index (χ2n) is 9.15. The number of likely N-dealkylation sites (tertiary alicyclic amines) is 1. The second-order valence-corrected chi connectivity index (χ2v) is 9.15. The van der Waals surface area contributed by atoms with E-state index in [-0.39, 0.29) is 16.8 Å². The monoisotopic (exact) mass is 420 g/mol.